The first kappa shape index (κ1) is 32.8. The van der Waals surface area contributed by atoms with Crippen LogP contribution >= 0.6 is 23.2 Å². The number of aliphatic imine (C=N–C) groups is 2. The van der Waals surface area contributed by atoms with Crippen molar-refractivity contribution in [2.75, 3.05) is 0 Å². The van der Waals surface area contributed by atoms with E-state index in [4.69, 9.17) is 33.2 Å². The molecule has 2 atom stereocenters. The smallest absolute Gasteiger partial charge is 1.00 e. The second-order valence-electron chi connectivity index (χ2n) is 11.3. The van der Waals surface area contributed by atoms with Crippen molar-refractivity contribution in [3.63, 3.8) is 0 Å². The molecular formula is C28H36Cl3MnN2O2+. The van der Waals surface area contributed by atoms with E-state index >= 15 is 0 Å². The summed E-state index contributed by atoms with van der Waals surface area (Å²) in [5.74, 6) is 0.435. The number of hydrogen-bond acceptors (Lipinski definition) is 4. The number of rotatable bonds is 4. The van der Waals surface area contributed by atoms with Gasteiger partial charge in [-0.3, -0.25) is 9.98 Å². The molecule has 0 saturated heterocycles. The van der Waals surface area contributed by atoms with Crippen LogP contribution in [0.4, 0.5) is 0 Å². The fourth-order valence-electron chi connectivity index (χ4n) is 4.37. The van der Waals surface area contributed by atoms with Crippen LogP contribution < -0.4 is 12.4 Å². The number of hydrogen-bond donors (Lipinski definition) is 2. The minimum Gasteiger partial charge on any atom is -1.00 e. The summed E-state index contributed by atoms with van der Waals surface area (Å²) in [4.78, 5) is 9.65. The first-order chi connectivity index (χ1) is 15.8. The molecule has 36 heavy (non-hydrogen) atoms. The van der Waals surface area contributed by atoms with Crippen molar-refractivity contribution < 1.29 is 39.7 Å². The van der Waals surface area contributed by atoms with Gasteiger partial charge in [0, 0.05) is 44.7 Å². The van der Waals surface area contributed by atoms with Crippen LogP contribution in [0.1, 0.15) is 89.5 Å². The average Bonchev–Trinajstić information content (AvgIpc) is 2.73. The fourth-order valence-corrected chi connectivity index (χ4v) is 4.83. The van der Waals surface area contributed by atoms with Gasteiger partial charge in [0.2, 0.25) is 0 Å². The molecule has 1 fully saturated rings. The Morgan fingerprint density at radius 2 is 1.06 bits per heavy atom. The Morgan fingerprint density at radius 3 is 1.36 bits per heavy atom. The van der Waals surface area contributed by atoms with Gasteiger partial charge in [-0.2, -0.15) is 0 Å². The van der Waals surface area contributed by atoms with Crippen LogP contribution in [0.15, 0.2) is 34.3 Å². The monoisotopic (exact) mass is 592 g/mol. The molecule has 0 heterocycles. The number of phenols is 2. The van der Waals surface area contributed by atoms with Crippen molar-refractivity contribution in [1.29, 1.82) is 0 Å². The maximum atomic E-state index is 10.8. The fraction of sp³-hybridized carbons (Fsp3) is 0.500. The van der Waals surface area contributed by atoms with Crippen LogP contribution in [0.5, 0.6) is 11.5 Å². The molecule has 1 aliphatic carbocycles. The van der Waals surface area contributed by atoms with Gasteiger partial charge in [0.05, 0.1) is 12.1 Å². The summed E-state index contributed by atoms with van der Waals surface area (Å²) in [5.41, 5.74) is 2.36. The number of halogens is 3. The van der Waals surface area contributed by atoms with Crippen LogP contribution in [0, 0.1) is 0 Å². The van der Waals surface area contributed by atoms with Gasteiger partial charge in [0.15, 0.2) is 0 Å². The van der Waals surface area contributed by atoms with E-state index in [2.05, 4.69) is 0 Å². The molecule has 1 radical (unpaired) electrons. The van der Waals surface area contributed by atoms with Crippen LogP contribution in [0.2, 0.25) is 10.0 Å². The first-order valence-electron chi connectivity index (χ1n) is 11.9. The predicted octanol–water partition coefficient (Wildman–Crippen LogP) is 4.85. The number of aromatic hydroxyl groups is 2. The molecule has 0 aromatic heterocycles. The second kappa shape index (κ2) is 13.0. The summed E-state index contributed by atoms with van der Waals surface area (Å²) in [6.45, 7) is 12.3. The van der Waals surface area contributed by atoms with Gasteiger partial charge in [-0.25, -0.2) is 0 Å². The Hall–Kier alpha value is -1.23. The molecule has 2 N–H and O–H groups in total. The molecule has 2 aromatic rings. The van der Waals surface area contributed by atoms with Crippen molar-refractivity contribution >= 4 is 35.6 Å². The van der Waals surface area contributed by atoms with Gasteiger partial charge in [-0.15, -0.1) is 0 Å². The molecule has 0 amide bonds. The number of nitrogens with zero attached hydrogens (tertiary/aromatic N) is 2. The zero-order valence-electron chi connectivity index (χ0n) is 21.7. The van der Waals surface area contributed by atoms with Crippen LogP contribution in [0.25, 0.3) is 0 Å². The third-order valence-electron chi connectivity index (χ3n) is 6.33. The summed E-state index contributed by atoms with van der Waals surface area (Å²) in [7, 11) is 0. The third-order valence-corrected chi connectivity index (χ3v) is 6.76. The second-order valence-corrected chi connectivity index (χ2v) is 12.1. The van der Waals surface area contributed by atoms with Crippen molar-refractivity contribution in [3.8, 4) is 11.5 Å². The maximum Gasteiger partial charge on any atom is 2.00 e. The SMILES string of the molecule is CC(C)(C)c1cc(Cl)cc(C=NC2CCCCC2N=Cc2cc(Cl)cc(C(C)(C)C)c2O)c1O.[Cl-].[Mn+2]. The normalized spacial score (nSPS) is 18.8. The molecule has 3 rings (SSSR count). The molecule has 1 aliphatic rings. The van der Waals surface area contributed by atoms with Gasteiger partial charge in [-0.1, -0.05) is 77.6 Å². The van der Waals surface area contributed by atoms with Crippen molar-refractivity contribution in [2.45, 2.75) is 90.1 Å². The molecule has 0 aliphatic heterocycles. The van der Waals surface area contributed by atoms with Crippen molar-refractivity contribution in [1.82, 2.24) is 0 Å². The van der Waals surface area contributed by atoms with Gasteiger partial charge in [0.1, 0.15) is 11.5 Å². The zero-order valence-corrected chi connectivity index (χ0v) is 25.2. The first-order valence-corrected chi connectivity index (χ1v) is 12.7. The van der Waals surface area contributed by atoms with E-state index < -0.39 is 0 Å². The Kier molecular flexibility index (Phi) is 11.9. The molecule has 0 spiro atoms. The Labute approximate surface area is 242 Å². The molecule has 197 valence electrons. The maximum absolute atomic E-state index is 10.8. The zero-order chi connectivity index (χ0) is 25.3. The Balaban J connectivity index is 0.00000324. The average molecular weight is 594 g/mol. The molecule has 0 bridgehead atoms. The topological polar surface area (TPSA) is 65.2 Å². The summed E-state index contributed by atoms with van der Waals surface area (Å²) in [5, 5.41) is 22.8. The minimum absolute atomic E-state index is 0. The number of phenolic OH excluding ortho intramolecular Hbond substituents is 2. The third kappa shape index (κ3) is 8.13. The van der Waals surface area contributed by atoms with Gasteiger partial charge < -0.3 is 22.6 Å². The Bertz CT molecular complexity index is 1020. The van der Waals surface area contributed by atoms with E-state index in [-0.39, 0.29) is 63.9 Å². The van der Waals surface area contributed by atoms with Crippen LogP contribution in [0.3, 0.4) is 0 Å². The molecule has 8 heteroatoms. The van der Waals surface area contributed by atoms with E-state index in [1.54, 1.807) is 24.6 Å². The van der Waals surface area contributed by atoms with E-state index in [1.807, 2.05) is 53.7 Å². The largest absolute Gasteiger partial charge is 2.00 e. The van der Waals surface area contributed by atoms with Crippen LogP contribution in [-0.2, 0) is 27.9 Å². The summed E-state index contributed by atoms with van der Waals surface area (Å²) in [6.07, 6.45) is 7.45. The van der Waals surface area contributed by atoms with E-state index in [1.165, 1.54) is 0 Å². The molecule has 2 aromatic carbocycles. The van der Waals surface area contributed by atoms with Crippen molar-refractivity contribution in [2.24, 2.45) is 9.98 Å². The molecule has 1 saturated carbocycles. The molecular weight excluding hydrogens is 558 g/mol. The van der Waals surface area contributed by atoms with E-state index in [0.29, 0.717) is 21.2 Å². The van der Waals surface area contributed by atoms with Gasteiger partial charge in [-0.05, 0) is 47.9 Å². The van der Waals surface area contributed by atoms with E-state index in [0.717, 1.165) is 36.8 Å². The predicted molar refractivity (Wildman–Crippen MR) is 145 cm³/mol. The van der Waals surface area contributed by atoms with Gasteiger partial charge >= 0.3 is 17.1 Å². The van der Waals surface area contributed by atoms with Crippen LogP contribution in [-0.4, -0.2) is 34.7 Å². The summed E-state index contributed by atoms with van der Waals surface area (Å²) < 4.78 is 0. The van der Waals surface area contributed by atoms with E-state index in [9.17, 15) is 10.2 Å². The Morgan fingerprint density at radius 1 is 0.722 bits per heavy atom. The van der Waals surface area contributed by atoms with Crippen molar-refractivity contribution in [3.05, 3.63) is 56.6 Å². The summed E-state index contributed by atoms with van der Waals surface area (Å²) in [6, 6.07) is 7.09. The standard InChI is InChI=1S/C28H36Cl2N2O2.ClH.Mn/c1-27(2,3)21-13-19(29)11-17(25(21)33)15-31-23-9-7-8-10-24(23)32-16-18-12-20(30)14-22(26(18)34)28(4,5)6;;/h11-16,23-24,33-34H,7-10H2,1-6H3;1H;/q;;+2/p-1. The number of benzene rings is 2. The molecule has 4 nitrogen and oxygen atoms in total. The molecule has 2 unspecified atom stereocenters. The summed E-state index contributed by atoms with van der Waals surface area (Å²) >= 11 is 12.7. The quantitative estimate of drug-likeness (QED) is 0.393. The minimum atomic E-state index is -0.236. The van der Waals surface area contributed by atoms with Gasteiger partial charge in [0.25, 0.3) is 0 Å².